The molecule has 0 N–H and O–H groups in total. The van der Waals surface area contributed by atoms with Crippen LogP contribution in [0.5, 0.6) is 0 Å². The molecule has 1 aliphatic rings. The molecule has 0 aromatic carbocycles. The smallest absolute Gasteiger partial charge is 0.314 e. The Morgan fingerprint density at radius 2 is 2.11 bits per heavy atom. The van der Waals surface area contributed by atoms with Crippen LogP contribution in [0.3, 0.4) is 0 Å². The van der Waals surface area contributed by atoms with E-state index in [-0.39, 0.29) is 11.9 Å². The number of carbonyl (C=O) groups is 1. The lowest BCUT2D eigenvalue weighted by molar-refractivity contribution is -0.138. The van der Waals surface area contributed by atoms with Crippen LogP contribution < -0.4 is 0 Å². The Labute approximate surface area is 111 Å². The molecule has 1 heterocycles. The molecule has 0 amide bonds. The number of carbonyl (C=O) groups excluding carboxylic acids is 1. The fourth-order valence-electron chi connectivity index (χ4n) is 1.68. The van der Waals surface area contributed by atoms with Crippen molar-refractivity contribution in [2.75, 3.05) is 0 Å². The normalized spacial score (nSPS) is 17.3. The summed E-state index contributed by atoms with van der Waals surface area (Å²) in [6, 6.07) is 0. The van der Waals surface area contributed by atoms with Gasteiger partial charge in [0.1, 0.15) is 5.76 Å². The third-order valence-electron chi connectivity index (χ3n) is 2.64. The van der Waals surface area contributed by atoms with Gasteiger partial charge < -0.3 is 4.74 Å². The number of hydrogen-bond donors (Lipinski definition) is 0. The SMILES string of the molecule is C=C.C=C1CC(CC=C=CCCCCC)C(=O)O1. The van der Waals surface area contributed by atoms with Crippen molar-refractivity contribution in [3.8, 4) is 0 Å². The molecule has 1 saturated heterocycles. The van der Waals surface area contributed by atoms with E-state index in [2.05, 4.69) is 32.4 Å². The van der Waals surface area contributed by atoms with Crippen molar-refractivity contribution >= 4 is 5.97 Å². The number of cyclic esters (lactones) is 1. The van der Waals surface area contributed by atoms with E-state index in [1.807, 2.05) is 12.2 Å². The van der Waals surface area contributed by atoms with Gasteiger partial charge in [0.25, 0.3) is 0 Å². The molecule has 1 atom stereocenters. The Bertz CT molecular complexity index is 322. The number of esters is 1. The van der Waals surface area contributed by atoms with Crippen LogP contribution in [0.4, 0.5) is 0 Å². The fourth-order valence-corrected chi connectivity index (χ4v) is 1.68. The van der Waals surface area contributed by atoms with Crippen molar-refractivity contribution in [2.45, 2.75) is 45.4 Å². The minimum Gasteiger partial charge on any atom is -0.431 e. The highest BCUT2D eigenvalue weighted by Gasteiger charge is 2.28. The van der Waals surface area contributed by atoms with Gasteiger partial charge in [-0.3, -0.25) is 4.79 Å². The van der Waals surface area contributed by atoms with Gasteiger partial charge in [0.2, 0.25) is 0 Å². The number of ether oxygens (including phenoxy) is 1. The molecule has 0 saturated carbocycles. The van der Waals surface area contributed by atoms with Crippen molar-refractivity contribution in [2.24, 2.45) is 5.92 Å². The van der Waals surface area contributed by atoms with E-state index in [1.165, 1.54) is 19.3 Å². The average molecular weight is 248 g/mol. The molecule has 1 rings (SSSR count). The van der Waals surface area contributed by atoms with Gasteiger partial charge in [-0.1, -0.05) is 26.3 Å². The van der Waals surface area contributed by atoms with Crippen molar-refractivity contribution < 1.29 is 9.53 Å². The van der Waals surface area contributed by atoms with Gasteiger partial charge in [0.15, 0.2) is 0 Å². The summed E-state index contributed by atoms with van der Waals surface area (Å²) in [7, 11) is 0. The van der Waals surface area contributed by atoms with Crippen LogP contribution in [0, 0.1) is 5.92 Å². The highest BCUT2D eigenvalue weighted by atomic mass is 16.5. The van der Waals surface area contributed by atoms with Crippen LogP contribution >= 0.6 is 0 Å². The van der Waals surface area contributed by atoms with Crippen molar-refractivity contribution in [1.29, 1.82) is 0 Å². The first-order valence-electron chi connectivity index (χ1n) is 6.53. The zero-order valence-corrected chi connectivity index (χ0v) is 11.4. The zero-order chi connectivity index (χ0) is 13.8. The molecule has 1 fully saturated rings. The second-order valence-corrected chi connectivity index (χ2v) is 4.17. The second kappa shape index (κ2) is 10.6. The first-order chi connectivity index (χ1) is 8.74. The van der Waals surface area contributed by atoms with Crippen LogP contribution in [-0.2, 0) is 9.53 Å². The van der Waals surface area contributed by atoms with Gasteiger partial charge in [-0.05, 0) is 31.4 Å². The quantitative estimate of drug-likeness (QED) is 0.298. The summed E-state index contributed by atoms with van der Waals surface area (Å²) in [5.74, 6) is 0.411. The molecule has 0 aromatic rings. The van der Waals surface area contributed by atoms with Gasteiger partial charge in [0, 0.05) is 6.42 Å². The maximum atomic E-state index is 11.2. The van der Waals surface area contributed by atoms with Crippen molar-refractivity contribution in [3.05, 3.63) is 43.4 Å². The molecule has 0 bridgehead atoms. The van der Waals surface area contributed by atoms with Crippen molar-refractivity contribution in [3.63, 3.8) is 0 Å². The van der Waals surface area contributed by atoms with Crippen LogP contribution in [0.25, 0.3) is 0 Å². The van der Waals surface area contributed by atoms with Gasteiger partial charge >= 0.3 is 5.97 Å². The van der Waals surface area contributed by atoms with Crippen LogP contribution in [0.1, 0.15) is 45.4 Å². The van der Waals surface area contributed by atoms with E-state index in [0.29, 0.717) is 18.6 Å². The van der Waals surface area contributed by atoms with Crippen LogP contribution in [0.2, 0.25) is 0 Å². The standard InChI is InChI=1S/C14H20O2.C2H4/c1-3-4-5-6-7-8-9-10-13-11-12(2)16-14(13)15;1-2/h7,9,13H,2-6,10-11H2,1H3;1-2H2. The molecule has 0 radical (unpaired) electrons. The minimum atomic E-state index is -0.144. The number of hydrogen-bond acceptors (Lipinski definition) is 2. The zero-order valence-electron chi connectivity index (χ0n) is 11.4. The molecular weight excluding hydrogens is 224 g/mol. The first-order valence-corrected chi connectivity index (χ1v) is 6.53. The highest BCUT2D eigenvalue weighted by Crippen LogP contribution is 2.25. The summed E-state index contributed by atoms with van der Waals surface area (Å²) in [6.45, 7) is 11.8. The Morgan fingerprint density at radius 1 is 1.39 bits per heavy atom. The fraction of sp³-hybridized carbons (Fsp3) is 0.500. The second-order valence-electron chi connectivity index (χ2n) is 4.17. The summed E-state index contributed by atoms with van der Waals surface area (Å²) in [5.41, 5.74) is 3.12. The molecule has 1 unspecified atom stereocenters. The summed E-state index contributed by atoms with van der Waals surface area (Å²) in [5, 5.41) is 0. The lowest BCUT2D eigenvalue weighted by Gasteiger charge is -1.96. The number of unbranched alkanes of at least 4 members (excludes halogenated alkanes) is 3. The van der Waals surface area contributed by atoms with E-state index < -0.39 is 0 Å². The van der Waals surface area contributed by atoms with Crippen molar-refractivity contribution in [1.82, 2.24) is 0 Å². The lowest BCUT2D eigenvalue weighted by Crippen LogP contribution is -2.05. The molecule has 0 aliphatic carbocycles. The summed E-state index contributed by atoms with van der Waals surface area (Å²) >= 11 is 0. The van der Waals surface area contributed by atoms with E-state index in [9.17, 15) is 4.79 Å². The van der Waals surface area contributed by atoms with Gasteiger partial charge in [-0.2, -0.15) is 0 Å². The molecule has 0 spiro atoms. The predicted octanol–water partition coefficient (Wildman–Crippen LogP) is 4.55. The summed E-state index contributed by atoms with van der Waals surface area (Å²) in [4.78, 5) is 11.2. The Morgan fingerprint density at radius 3 is 2.67 bits per heavy atom. The molecule has 1 aliphatic heterocycles. The Hall–Kier alpha value is -1.53. The maximum Gasteiger partial charge on any atom is 0.314 e. The minimum absolute atomic E-state index is 0.0379. The highest BCUT2D eigenvalue weighted by molar-refractivity contribution is 5.76. The topological polar surface area (TPSA) is 26.3 Å². The first kappa shape index (κ1) is 16.5. The van der Waals surface area contributed by atoms with Gasteiger partial charge in [-0.25, -0.2) is 0 Å². The molecule has 18 heavy (non-hydrogen) atoms. The lowest BCUT2D eigenvalue weighted by atomic mass is 10.0. The largest absolute Gasteiger partial charge is 0.431 e. The molecule has 2 heteroatoms. The summed E-state index contributed by atoms with van der Waals surface area (Å²) < 4.78 is 4.89. The van der Waals surface area contributed by atoms with E-state index in [0.717, 1.165) is 6.42 Å². The monoisotopic (exact) mass is 248 g/mol. The van der Waals surface area contributed by atoms with E-state index >= 15 is 0 Å². The molecule has 100 valence electrons. The summed E-state index contributed by atoms with van der Waals surface area (Å²) in [6.07, 6.45) is 10.2. The van der Waals surface area contributed by atoms with E-state index in [4.69, 9.17) is 4.74 Å². The van der Waals surface area contributed by atoms with Gasteiger partial charge in [-0.15, -0.1) is 18.9 Å². The predicted molar refractivity (Wildman–Crippen MR) is 76.0 cm³/mol. The number of allylic oxidation sites excluding steroid dienone is 2. The van der Waals surface area contributed by atoms with Crippen LogP contribution in [-0.4, -0.2) is 5.97 Å². The van der Waals surface area contributed by atoms with Gasteiger partial charge in [0.05, 0.1) is 5.92 Å². The molecular formula is C16H24O2. The maximum absolute atomic E-state index is 11.2. The molecule has 2 nitrogen and oxygen atoms in total. The molecule has 0 aromatic heterocycles. The number of rotatable bonds is 6. The Kier molecular flexibility index (Phi) is 9.71. The average Bonchev–Trinajstić information content (AvgIpc) is 2.69. The van der Waals surface area contributed by atoms with E-state index in [1.54, 1.807) is 0 Å². The third kappa shape index (κ3) is 6.93. The third-order valence-corrected chi connectivity index (χ3v) is 2.64. The van der Waals surface area contributed by atoms with Crippen LogP contribution in [0.15, 0.2) is 43.4 Å². The Balaban J connectivity index is 0.00000137.